The molecule has 1 aliphatic carbocycles. The normalized spacial score (nSPS) is 26.7. The van der Waals surface area contributed by atoms with Crippen molar-refractivity contribution in [3.63, 3.8) is 0 Å². The Kier molecular flexibility index (Phi) is 6.17. The van der Waals surface area contributed by atoms with E-state index in [-0.39, 0.29) is 30.7 Å². The number of aryl methyl sites for hydroxylation is 1. The zero-order chi connectivity index (χ0) is 25.0. The number of likely N-dealkylation sites (tertiary alicyclic amines) is 1. The molecule has 2 N–H and O–H groups in total. The number of hydrogen-bond acceptors (Lipinski definition) is 4. The van der Waals surface area contributed by atoms with Gasteiger partial charge in [0.05, 0.1) is 12.6 Å². The van der Waals surface area contributed by atoms with Crippen LogP contribution >= 0.6 is 0 Å². The van der Waals surface area contributed by atoms with Crippen molar-refractivity contribution < 1.29 is 26.9 Å². The molecule has 2 saturated heterocycles. The minimum absolute atomic E-state index is 0.0575. The summed E-state index contributed by atoms with van der Waals surface area (Å²) in [4.78, 5) is 14.6. The molecule has 6 nitrogen and oxygen atoms in total. The van der Waals surface area contributed by atoms with Crippen LogP contribution < -0.4 is 4.72 Å². The highest BCUT2D eigenvalue weighted by atomic mass is 32.2. The Morgan fingerprint density at radius 3 is 2.63 bits per heavy atom. The van der Waals surface area contributed by atoms with Gasteiger partial charge in [-0.1, -0.05) is 24.3 Å². The van der Waals surface area contributed by atoms with Gasteiger partial charge in [-0.3, -0.25) is 4.79 Å². The average Bonchev–Trinajstić information content (AvgIpc) is 3.40. The fourth-order valence-electron chi connectivity index (χ4n) is 4.91. The van der Waals surface area contributed by atoms with Crippen molar-refractivity contribution in [3.05, 3.63) is 59.2 Å². The molecule has 5 rings (SSSR count). The maximum absolute atomic E-state index is 15.7. The Balaban J connectivity index is 1.46. The van der Waals surface area contributed by atoms with Crippen LogP contribution in [0.5, 0.6) is 0 Å². The van der Waals surface area contributed by atoms with Crippen LogP contribution in [0.3, 0.4) is 0 Å². The van der Waals surface area contributed by atoms with E-state index in [1.165, 1.54) is 12.1 Å². The van der Waals surface area contributed by atoms with E-state index in [2.05, 4.69) is 4.72 Å². The van der Waals surface area contributed by atoms with Crippen LogP contribution in [-0.2, 0) is 25.9 Å². The van der Waals surface area contributed by atoms with E-state index in [0.29, 0.717) is 42.7 Å². The predicted molar refractivity (Wildman–Crippen MR) is 126 cm³/mol. The average molecular weight is 508 g/mol. The first-order chi connectivity index (χ1) is 16.6. The lowest BCUT2D eigenvalue weighted by Gasteiger charge is -2.35. The molecule has 1 unspecified atom stereocenters. The second kappa shape index (κ2) is 8.90. The molecule has 2 aliphatic heterocycles. The number of hydrogen-bond donors (Lipinski definition) is 2. The van der Waals surface area contributed by atoms with Crippen LogP contribution in [0.15, 0.2) is 36.4 Å². The lowest BCUT2D eigenvalue weighted by molar-refractivity contribution is -0.157. The SMILES string of the molecule is Cc1cc(F)cc(-c2cccc(C[C@H]3[C@@H](NS(=N)(=O)C4(F)CC4)CCN3C(=O)[C@H]3CCO3)c2F)c1. The van der Waals surface area contributed by atoms with Gasteiger partial charge in [-0.25, -0.2) is 26.9 Å². The van der Waals surface area contributed by atoms with Gasteiger partial charge in [-0.15, -0.1) is 0 Å². The van der Waals surface area contributed by atoms with Gasteiger partial charge in [0, 0.05) is 24.6 Å². The third-order valence-corrected chi connectivity index (χ3v) is 9.21. The fourth-order valence-corrected chi connectivity index (χ4v) is 6.50. The van der Waals surface area contributed by atoms with Crippen LogP contribution in [-0.4, -0.2) is 51.4 Å². The van der Waals surface area contributed by atoms with Crippen LogP contribution in [0.4, 0.5) is 13.2 Å². The van der Waals surface area contributed by atoms with Crippen LogP contribution in [0.1, 0.15) is 36.8 Å². The number of amides is 1. The lowest BCUT2D eigenvalue weighted by Crippen LogP contribution is -2.53. The van der Waals surface area contributed by atoms with Gasteiger partial charge in [-0.05, 0) is 61.4 Å². The van der Waals surface area contributed by atoms with Crippen LogP contribution in [0.25, 0.3) is 11.1 Å². The monoisotopic (exact) mass is 507 g/mol. The summed E-state index contributed by atoms with van der Waals surface area (Å²) in [5, 5.41) is -2.06. The molecule has 0 spiro atoms. The van der Waals surface area contributed by atoms with Gasteiger partial charge in [-0.2, -0.15) is 0 Å². The number of nitrogens with one attached hydrogen (secondary N) is 2. The number of rotatable bonds is 7. The van der Waals surface area contributed by atoms with E-state index in [1.54, 1.807) is 36.1 Å². The zero-order valence-corrected chi connectivity index (χ0v) is 20.2. The summed E-state index contributed by atoms with van der Waals surface area (Å²) in [6.45, 7) is 2.52. The van der Waals surface area contributed by atoms with Gasteiger partial charge in [0.2, 0.25) is 5.00 Å². The summed E-state index contributed by atoms with van der Waals surface area (Å²) >= 11 is 0. The number of carbonyl (C=O) groups excluding carboxylic acids is 1. The molecule has 2 heterocycles. The molecular weight excluding hydrogens is 479 g/mol. The van der Waals surface area contributed by atoms with E-state index in [1.807, 2.05) is 0 Å². The van der Waals surface area contributed by atoms with Crippen molar-refractivity contribution >= 4 is 15.8 Å². The van der Waals surface area contributed by atoms with Gasteiger partial charge in [0.1, 0.15) is 27.7 Å². The molecule has 0 radical (unpaired) electrons. The molecule has 1 amide bonds. The lowest BCUT2D eigenvalue weighted by atomic mass is 9.95. The third kappa shape index (κ3) is 4.59. The number of nitrogens with zero attached hydrogens (tertiary/aromatic N) is 1. The van der Waals surface area contributed by atoms with Crippen molar-refractivity contribution in [2.45, 2.75) is 62.2 Å². The van der Waals surface area contributed by atoms with Gasteiger partial charge in [0.25, 0.3) is 5.91 Å². The smallest absolute Gasteiger partial charge is 0.252 e. The highest BCUT2D eigenvalue weighted by Gasteiger charge is 2.55. The van der Waals surface area contributed by atoms with Crippen molar-refractivity contribution in [2.75, 3.05) is 13.2 Å². The van der Waals surface area contributed by atoms with E-state index in [0.717, 1.165) is 0 Å². The van der Waals surface area contributed by atoms with Crippen molar-refractivity contribution in [1.82, 2.24) is 9.62 Å². The molecule has 4 atom stereocenters. The summed E-state index contributed by atoms with van der Waals surface area (Å²) in [6.07, 6.45) is 0.563. The van der Waals surface area contributed by atoms with Crippen LogP contribution in [0.2, 0.25) is 0 Å². The molecule has 1 saturated carbocycles. The maximum atomic E-state index is 15.7. The number of halogens is 3. The number of carbonyl (C=O) groups is 1. The minimum atomic E-state index is -3.75. The summed E-state index contributed by atoms with van der Waals surface area (Å²) < 4.78 is 73.2. The fraction of sp³-hybridized carbons (Fsp3) is 0.480. The molecule has 3 fully saturated rings. The van der Waals surface area contributed by atoms with Gasteiger partial charge in [0.15, 0.2) is 0 Å². The first-order valence-corrected chi connectivity index (χ1v) is 13.4. The highest BCUT2D eigenvalue weighted by Crippen LogP contribution is 2.45. The molecule has 2 aromatic rings. The Hall–Kier alpha value is -2.43. The summed E-state index contributed by atoms with van der Waals surface area (Å²) in [7, 11) is -3.75. The molecule has 3 aliphatic rings. The third-order valence-electron chi connectivity index (χ3n) is 7.14. The number of ether oxygens (including phenoxy) is 1. The first-order valence-electron chi connectivity index (χ1n) is 11.8. The van der Waals surface area contributed by atoms with E-state index < -0.39 is 44.7 Å². The Labute approximate surface area is 203 Å². The summed E-state index contributed by atoms with van der Waals surface area (Å²) in [5.74, 6) is -1.24. The standard InChI is InChI=1S/C25H28F3N3O3S/c1-15-11-17(13-18(26)12-15)19-4-2-3-16(23(19)27)14-21-20(30-35(29,33)25(28)7-8-25)5-9-31(21)24(32)22-6-10-34-22/h2-4,11-13,20-22H,5-10,14H2,1H3,(H2,29,30,33)/t20-,21-,22+,35?/m0/s1. The van der Waals surface area contributed by atoms with Crippen molar-refractivity contribution in [3.8, 4) is 11.1 Å². The molecule has 188 valence electrons. The van der Waals surface area contributed by atoms with Crippen LogP contribution in [0, 0.1) is 23.3 Å². The summed E-state index contributed by atoms with van der Waals surface area (Å²) in [6, 6.07) is 7.88. The molecular formula is C25H28F3N3O3S. The number of benzene rings is 2. The molecule has 0 aromatic heterocycles. The zero-order valence-electron chi connectivity index (χ0n) is 19.4. The Morgan fingerprint density at radius 1 is 1.26 bits per heavy atom. The summed E-state index contributed by atoms with van der Waals surface area (Å²) in [5.41, 5.74) is 1.60. The quantitative estimate of drug-likeness (QED) is 0.588. The van der Waals surface area contributed by atoms with Crippen molar-refractivity contribution in [1.29, 1.82) is 4.78 Å². The Bertz CT molecular complexity index is 1240. The minimum Gasteiger partial charge on any atom is -0.368 e. The highest BCUT2D eigenvalue weighted by molar-refractivity contribution is 7.92. The molecule has 35 heavy (non-hydrogen) atoms. The topological polar surface area (TPSA) is 82.5 Å². The largest absolute Gasteiger partial charge is 0.368 e. The Morgan fingerprint density at radius 2 is 2.00 bits per heavy atom. The second-order valence-corrected chi connectivity index (χ2v) is 11.8. The predicted octanol–water partition coefficient (Wildman–Crippen LogP) is 4.25. The van der Waals surface area contributed by atoms with E-state index >= 15 is 4.39 Å². The van der Waals surface area contributed by atoms with Gasteiger partial charge >= 0.3 is 0 Å². The second-order valence-electron chi connectivity index (χ2n) is 9.70. The molecule has 2 aromatic carbocycles. The molecule has 10 heteroatoms. The number of alkyl halides is 1. The van der Waals surface area contributed by atoms with Gasteiger partial charge < -0.3 is 9.64 Å². The molecule has 0 bridgehead atoms. The van der Waals surface area contributed by atoms with E-state index in [4.69, 9.17) is 9.52 Å². The maximum Gasteiger partial charge on any atom is 0.252 e. The van der Waals surface area contributed by atoms with E-state index in [9.17, 15) is 17.8 Å². The van der Waals surface area contributed by atoms with Crippen molar-refractivity contribution in [2.24, 2.45) is 0 Å². The first kappa shape index (κ1) is 24.3.